The van der Waals surface area contributed by atoms with E-state index >= 15 is 0 Å². The fourth-order valence-corrected chi connectivity index (χ4v) is 5.38. The maximum absolute atomic E-state index is 13.3. The molecule has 2 aromatic heterocycles. The van der Waals surface area contributed by atoms with Gasteiger partial charge in [-0.1, -0.05) is 35.3 Å². The van der Waals surface area contributed by atoms with Gasteiger partial charge < -0.3 is 20.2 Å². The lowest BCUT2D eigenvalue weighted by Gasteiger charge is -2.45. The lowest BCUT2D eigenvalue weighted by atomic mass is 9.83. The summed E-state index contributed by atoms with van der Waals surface area (Å²) in [5, 5.41) is 5.43. The molecule has 0 saturated carbocycles. The van der Waals surface area contributed by atoms with Crippen molar-refractivity contribution in [3.63, 3.8) is 0 Å². The molecule has 4 aromatic rings. The first kappa shape index (κ1) is 19.2. The number of anilines is 1. The first-order valence-corrected chi connectivity index (χ1v) is 11.3. The maximum Gasteiger partial charge on any atom is 0.261 e. The lowest BCUT2D eigenvalue weighted by Crippen LogP contribution is -2.53. The zero-order valence-electron chi connectivity index (χ0n) is 16.7. The molecule has 3 fully saturated rings. The van der Waals surface area contributed by atoms with E-state index in [2.05, 4.69) is 20.2 Å². The van der Waals surface area contributed by atoms with Crippen LogP contribution in [0, 0.1) is 5.92 Å². The van der Waals surface area contributed by atoms with E-state index in [-0.39, 0.29) is 11.6 Å². The van der Waals surface area contributed by atoms with E-state index < -0.39 is 0 Å². The number of aromatic nitrogens is 3. The van der Waals surface area contributed by atoms with Gasteiger partial charge in [-0.15, -0.1) is 0 Å². The summed E-state index contributed by atoms with van der Waals surface area (Å²) in [4.78, 5) is 26.8. The highest BCUT2D eigenvalue weighted by Gasteiger charge is 2.35. The van der Waals surface area contributed by atoms with E-state index in [1.54, 1.807) is 6.07 Å². The Kier molecular flexibility index (Phi) is 4.49. The highest BCUT2D eigenvalue weighted by molar-refractivity contribution is 6.43. The van der Waals surface area contributed by atoms with Gasteiger partial charge in [-0.25, -0.2) is 4.98 Å². The smallest absolute Gasteiger partial charge is 0.261 e. The number of para-hydroxylation sites is 2. The molecule has 3 aliphatic rings. The molecular weight excluding hydrogens is 433 g/mol. The Morgan fingerprint density at radius 1 is 1.03 bits per heavy atom. The van der Waals surface area contributed by atoms with E-state index in [1.165, 1.54) is 12.8 Å². The molecule has 1 atom stereocenters. The summed E-state index contributed by atoms with van der Waals surface area (Å²) in [6, 6.07) is 11.6. The number of H-pyrrole nitrogens is 2. The van der Waals surface area contributed by atoms with Crippen LogP contribution in [0.1, 0.15) is 12.8 Å². The van der Waals surface area contributed by atoms with Crippen molar-refractivity contribution in [2.75, 3.05) is 25.0 Å². The first-order chi connectivity index (χ1) is 15.1. The largest absolute Gasteiger partial charge is 0.379 e. The molecule has 0 amide bonds. The maximum atomic E-state index is 13.3. The topological polar surface area (TPSA) is 76.8 Å². The molecule has 6 nitrogen and oxygen atoms in total. The highest BCUT2D eigenvalue weighted by atomic mass is 35.5. The third-order valence-corrected chi connectivity index (χ3v) is 7.39. The molecule has 158 valence electrons. The van der Waals surface area contributed by atoms with E-state index in [9.17, 15) is 4.79 Å². The summed E-state index contributed by atoms with van der Waals surface area (Å²) < 4.78 is 0. The average Bonchev–Trinajstić information content (AvgIpc) is 3.20. The Balaban J connectivity index is 1.58. The van der Waals surface area contributed by atoms with Crippen LogP contribution in [0.15, 0.2) is 41.2 Å². The van der Waals surface area contributed by atoms with E-state index in [0.29, 0.717) is 32.9 Å². The SMILES string of the molecule is O=c1[nH]c2cc(Cl)c(Cl)cc2c(N[C@@H]2CN3CCC2CC3)c1-c1nc2ccccc2[nH]1. The normalized spacial score (nSPS) is 23.0. The van der Waals surface area contributed by atoms with Gasteiger partial charge in [0, 0.05) is 18.0 Å². The summed E-state index contributed by atoms with van der Waals surface area (Å²) >= 11 is 12.6. The van der Waals surface area contributed by atoms with Crippen LogP contribution in [0.4, 0.5) is 5.69 Å². The van der Waals surface area contributed by atoms with Crippen molar-refractivity contribution >= 4 is 50.8 Å². The summed E-state index contributed by atoms with van der Waals surface area (Å²) in [6.45, 7) is 3.27. The third kappa shape index (κ3) is 3.21. The molecule has 2 bridgehead atoms. The number of aromatic amines is 2. The lowest BCUT2D eigenvalue weighted by molar-refractivity contribution is 0.0976. The van der Waals surface area contributed by atoms with E-state index in [4.69, 9.17) is 28.2 Å². The minimum Gasteiger partial charge on any atom is -0.379 e. The number of fused-ring (bicyclic) bond motifs is 5. The molecule has 3 aliphatic heterocycles. The van der Waals surface area contributed by atoms with Crippen molar-refractivity contribution < 1.29 is 0 Å². The van der Waals surface area contributed by atoms with Gasteiger partial charge in [-0.05, 0) is 56.1 Å². The number of pyridine rings is 1. The van der Waals surface area contributed by atoms with Gasteiger partial charge >= 0.3 is 0 Å². The molecule has 8 heteroatoms. The second kappa shape index (κ2) is 7.26. The number of rotatable bonds is 3. The van der Waals surface area contributed by atoms with Crippen LogP contribution in [-0.2, 0) is 0 Å². The molecule has 31 heavy (non-hydrogen) atoms. The van der Waals surface area contributed by atoms with Crippen molar-refractivity contribution in [3.8, 4) is 11.4 Å². The van der Waals surface area contributed by atoms with Crippen molar-refractivity contribution in [2.24, 2.45) is 5.92 Å². The molecule has 0 spiro atoms. The summed E-state index contributed by atoms with van der Waals surface area (Å²) in [5.41, 5.74) is 3.41. The summed E-state index contributed by atoms with van der Waals surface area (Å²) in [5.74, 6) is 1.13. The second-order valence-corrected chi connectivity index (χ2v) is 9.32. The number of nitrogens with zero attached hydrogens (tertiary/aromatic N) is 2. The van der Waals surface area contributed by atoms with Gasteiger partial charge in [0.2, 0.25) is 0 Å². The van der Waals surface area contributed by atoms with Crippen LogP contribution >= 0.6 is 23.2 Å². The Bertz CT molecular complexity index is 1340. The van der Waals surface area contributed by atoms with Crippen molar-refractivity contribution in [2.45, 2.75) is 18.9 Å². The minimum absolute atomic E-state index is 0.214. The van der Waals surface area contributed by atoms with Crippen molar-refractivity contribution in [3.05, 3.63) is 56.8 Å². The monoisotopic (exact) mass is 453 g/mol. The zero-order chi connectivity index (χ0) is 21.1. The molecule has 3 N–H and O–H groups in total. The Morgan fingerprint density at radius 2 is 1.81 bits per heavy atom. The third-order valence-electron chi connectivity index (χ3n) is 6.67. The molecule has 5 heterocycles. The van der Waals surface area contributed by atoms with Crippen LogP contribution in [0.2, 0.25) is 10.0 Å². The number of nitrogens with one attached hydrogen (secondary N) is 3. The molecule has 7 rings (SSSR count). The standard InChI is InChI=1S/C23H21Cl2N5O/c24-14-9-13-18(10-15(14)25)29-23(31)20(22-27-16-3-1-2-4-17(16)28-22)21(13)26-19-11-30-7-5-12(19)6-8-30/h1-4,9-10,12,19H,5-8,11H2,(H,27,28)(H2,26,29,31)/t19-/m1/s1. The highest BCUT2D eigenvalue weighted by Crippen LogP contribution is 2.38. The van der Waals surface area contributed by atoms with Gasteiger partial charge in [0.15, 0.2) is 0 Å². The van der Waals surface area contributed by atoms with Crippen LogP contribution in [0.3, 0.4) is 0 Å². The zero-order valence-corrected chi connectivity index (χ0v) is 18.2. The van der Waals surface area contributed by atoms with Crippen LogP contribution < -0.4 is 10.9 Å². The summed E-state index contributed by atoms with van der Waals surface area (Å²) in [6.07, 6.45) is 2.34. The average molecular weight is 454 g/mol. The quantitative estimate of drug-likeness (QED) is 0.412. The predicted molar refractivity (Wildman–Crippen MR) is 126 cm³/mol. The van der Waals surface area contributed by atoms with Gasteiger partial charge in [0.1, 0.15) is 11.4 Å². The fraction of sp³-hybridized carbons (Fsp3) is 0.304. The number of hydrogen-bond donors (Lipinski definition) is 3. The van der Waals surface area contributed by atoms with E-state index in [0.717, 1.165) is 41.7 Å². The summed E-state index contributed by atoms with van der Waals surface area (Å²) in [7, 11) is 0. The molecule has 0 unspecified atom stereocenters. The van der Waals surface area contributed by atoms with Gasteiger partial charge in [-0.3, -0.25) is 4.79 Å². The van der Waals surface area contributed by atoms with Crippen LogP contribution in [0.5, 0.6) is 0 Å². The molecule has 0 aliphatic carbocycles. The predicted octanol–water partition coefficient (Wildman–Crippen LogP) is 4.88. The van der Waals surface area contributed by atoms with Gasteiger partial charge in [0.05, 0.1) is 32.3 Å². The van der Waals surface area contributed by atoms with E-state index in [1.807, 2.05) is 30.3 Å². The molecule has 0 radical (unpaired) electrons. The number of benzene rings is 2. The van der Waals surface area contributed by atoms with Crippen LogP contribution in [-0.4, -0.2) is 45.5 Å². The minimum atomic E-state index is -0.214. The molecule has 2 aromatic carbocycles. The van der Waals surface area contributed by atoms with Gasteiger partial charge in [0.25, 0.3) is 5.56 Å². The van der Waals surface area contributed by atoms with Crippen LogP contribution in [0.25, 0.3) is 33.3 Å². The van der Waals surface area contributed by atoms with Crippen molar-refractivity contribution in [1.82, 2.24) is 19.9 Å². The molecule has 3 saturated heterocycles. The Hall–Kier alpha value is -2.54. The number of imidazole rings is 1. The van der Waals surface area contributed by atoms with Crippen molar-refractivity contribution in [1.29, 1.82) is 0 Å². The Labute approximate surface area is 188 Å². The second-order valence-electron chi connectivity index (χ2n) is 8.51. The number of halogens is 2. The fourth-order valence-electron chi connectivity index (χ4n) is 5.05. The number of piperidine rings is 3. The first-order valence-electron chi connectivity index (χ1n) is 10.6. The number of hydrogen-bond acceptors (Lipinski definition) is 4. The molecular formula is C23H21Cl2N5O. The Morgan fingerprint density at radius 3 is 2.55 bits per heavy atom. The van der Waals surface area contributed by atoms with Gasteiger partial charge in [-0.2, -0.15) is 0 Å².